The lowest BCUT2D eigenvalue weighted by atomic mass is 9.96. The highest BCUT2D eigenvalue weighted by Gasteiger charge is 2.09. The summed E-state index contributed by atoms with van der Waals surface area (Å²) in [5.74, 6) is 0.629. The Morgan fingerprint density at radius 3 is 2.17 bits per heavy atom. The molecule has 0 bridgehead atoms. The molecule has 0 aliphatic heterocycles. The van der Waals surface area contributed by atoms with E-state index in [1.165, 1.54) is 57.8 Å². The van der Waals surface area contributed by atoms with Gasteiger partial charge in [0.2, 0.25) is 0 Å². The van der Waals surface area contributed by atoms with Gasteiger partial charge in [0.05, 0.1) is 6.10 Å². The number of hydrogen-bond acceptors (Lipinski definition) is 1. The van der Waals surface area contributed by atoms with Crippen molar-refractivity contribution in [1.29, 1.82) is 0 Å². The molecule has 2 unspecified atom stereocenters. The van der Waals surface area contributed by atoms with Gasteiger partial charge in [-0.05, 0) is 38.0 Å². The van der Waals surface area contributed by atoms with E-state index >= 15 is 0 Å². The maximum atomic E-state index is 9.97. The average molecular weight is 252 g/mol. The van der Waals surface area contributed by atoms with Gasteiger partial charge in [0.25, 0.3) is 0 Å². The predicted octanol–water partition coefficient (Wildman–Crippen LogP) is 5.23. The fourth-order valence-electron chi connectivity index (χ4n) is 2.83. The second-order valence-corrected chi connectivity index (χ2v) is 6.11. The van der Waals surface area contributed by atoms with Crippen molar-refractivity contribution in [2.45, 2.75) is 90.1 Å². The van der Waals surface area contributed by atoms with E-state index in [9.17, 15) is 5.11 Å². The standard InChI is InChI=1S/C17H32O/c1-16-13-11-9-7-5-3-2-4-6-8-10-12-14-17(18)15-16/h9,11,16-18H,2-8,10,12-15H2,1H3/b11-9+. The van der Waals surface area contributed by atoms with Crippen LogP contribution in [0.5, 0.6) is 0 Å². The second-order valence-electron chi connectivity index (χ2n) is 6.11. The molecule has 0 saturated heterocycles. The summed E-state index contributed by atoms with van der Waals surface area (Å²) in [5, 5.41) is 9.97. The Labute approximate surface area is 114 Å². The van der Waals surface area contributed by atoms with Gasteiger partial charge in [0.15, 0.2) is 0 Å². The minimum atomic E-state index is -0.0682. The van der Waals surface area contributed by atoms with Crippen LogP contribution in [0.4, 0.5) is 0 Å². The van der Waals surface area contributed by atoms with Crippen molar-refractivity contribution in [2.24, 2.45) is 5.92 Å². The van der Waals surface area contributed by atoms with Gasteiger partial charge >= 0.3 is 0 Å². The highest BCUT2D eigenvalue weighted by molar-refractivity contribution is 4.83. The summed E-state index contributed by atoms with van der Waals surface area (Å²) in [7, 11) is 0. The Morgan fingerprint density at radius 2 is 1.44 bits per heavy atom. The Morgan fingerprint density at radius 1 is 0.833 bits per heavy atom. The zero-order valence-electron chi connectivity index (χ0n) is 12.2. The molecule has 0 aromatic heterocycles. The van der Waals surface area contributed by atoms with Crippen LogP contribution in [0, 0.1) is 5.92 Å². The molecule has 0 aromatic rings. The Bertz CT molecular complexity index is 210. The summed E-state index contributed by atoms with van der Waals surface area (Å²) in [5.41, 5.74) is 0. The van der Waals surface area contributed by atoms with Crippen LogP contribution in [0.15, 0.2) is 12.2 Å². The largest absolute Gasteiger partial charge is 0.393 e. The third kappa shape index (κ3) is 8.74. The molecular weight excluding hydrogens is 220 g/mol. The molecule has 1 aliphatic carbocycles. The van der Waals surface area contributed by atoms with Gasteiger partial charge in [-0.3, -0.25) is 0 Å². The van der Waals surface area contributed by atoms with Crippen LogP contribution in [0.2, 0.25) is 0 Å². The molecule has 0 aromatic carbocycles. The van der Waals surface area contributed by atoms with E-state index in [4.69, 9.17) is 0 Å². The summed E-state index contributed by atoms with van der Waals surface area (Å²) >= 11 is 0. The third-order valence-corrected chi connectivity index (χ3v) is 4.04. The first-order chi connectivity index (χ1) is 8.79. The first-order valence-electron chi connectivity index (χ1n) is 8.12. The zero-order valence-corrected chi connectivity index (χ0v) is 12.2. The predicted molar refractivity (Wildman–Crippen MR) is 79.7 cm³/mol. The van der Waals surface area contributed by atoms with E-state index in [1.54, 1.807) is 0 Å². The van der Waals surface area contributed by atoms with Gasteiger partial charge in [-0.15, -0.1) is 0 Å². The van der Waals surface area contributed by atoms with Crippen molar-refractivity contribution in [3.05, 3.63) is 12.2 Å². The molecule has 0 radical (unpaired) electrons. The van der Waals surface area contributed by atoms with Crippen molar-refractivity contribution >= 4 is 0 Å². The van der Waals surface area contributed by atoms with Crippen molar-refractivity contribution in [3.63, 3.8) is 0 Å². The van der Waals surface area contributed by atoms with E-state index in [-0.39, 0.29) is 6.10 Å². The summed E-state index contributed by atoms with van der Waals surface area (Å²) in [6, 6.07) is 0. The molecule has 18 heavy (non-hydrogen) atoms. The first kappa shape index (κ1) is 15.8. The molecule has 1 nitrogen and oxygen atoms in total. The zero-order chi connectivity index (χ0) is 13.1. The summed E-state index contributed by atoms with van der Waals surface area (Å²) in [6.45, 7) is 2.26. The number of hydrogen-bond donors (Lipinski definition) is 1. The minimum absolute atomic E-state index is 0.0682. The van der Waals surface area contributed by atoms with E-state index in [2.05, 4.69) is 19.1 Å². The summed E-state index contributed by atoms with van der Waals surface area (Å²) < 4.78 is 0. The van der Waals surface area contributed by atoms with Crippen molar-refractivity contribution in [1.82, 2.24) is 0 Å². The number of aliphatic hydroxyl groups excluding tert-OH is 1. The Kier molecular flexibility index (Phi) is 9.28. The molecule has 0 spiro atoms. The van der Waals surface area contributed by atoms with Gasteiger partial charge in [0.1, 0.15) is 0 Å². The number of aliphatic hydroxyl groups is 1. The summed E-state index contributed by atoms with van der Waals surface area (Å²) in [4.78, 5) is 0. The fourth-order valence-corrected chi connectivity index (χ4v) is 2.83. The lowest BCUT2D eigenvalue weighted by Crippen LogP contribution is -2.11. The second kappa shape index (κ2) is 10.6. The number of rotatable bonds is 0. The highest BCUT2D eigenvalue weighted by Crippen LogP contribution is 2.17. The van der Waals surface area contributed by atoms with Crippen LogP contribution < -0.4 is 0 Å². The van der Waals surface area contributed by atoms with E-state index < -0.39 is 0 Å². The van der Waals surface area contributed by atoms with Crippen LogP contribution in [-0.4, -0.2) is 11.2 Å². The van der Waals surface area contributed by atoms with Crippen LogP contribution in [-0.2, 0) is 0 Å². The molecular formula is C17H32O. The first-order valence-corrected chi connectivity index (χ1v) is 8.12. The van der Waals surface area contributed by atoms with Crippen LogP contribution in [0.1, 0.15) is 84.0 Å². The normalized spacial score (nSPS) is 31.9. The average Bonchev–Trinajstić information content (AvgIpc) is 2.33. The number of allylic oxidation sites excluding steroid dienone is 2. The van der Waals surface area contributed by atoms with Crippen molar-refractivity contribution in [3.8, 4) is 0 Å². The minimum Gasteiger partial charge on any atom is -0.393 e. The summed E-state index contributed by atoms with van der Waals surface area (Å²) in [6.07, 6.45) is 19.8. The topological polar surface area (TPSA) is 20.2 Å². The smallest absolute Gasteiger partial charge is 0.0542 e. The molecule has 1 aliphatic rings. The van der Waals surface area contributed by atoms with Crippen LogP contribution >= 0.6 is 0 Å². The van der Waals surface area contributed by atoms with Gasteiger partial charge in [-0.25, -0.2) is 0 Å². The molecule has 1 rings (SSSR count). The fraction of sp³-hybridized carbons (Fsp3) is 0.882. The molecule has 0 fully saturated rings. The van der Waals surface area contributed by atoms with E-state index in [1.807, 2.05) is 0 Å². The van der Waals surface area contributed by atoms with Gasteiger partial charge in [-0.2, -0.15) is 0 Å². The van der Waals surface area contributed by atoms with E-state index in [0.29, 0.717) is 5.92 Å². The Hall–Kier alpha value is -0.300. The molecule has 1 N–H and O–H groups in total. The van der Waals surface area contributed by atoms with Crippen LogP contribution in [0.3, 0.4) is 0 Å². The monoisotopic (exact) mass is 252 g/mol. The molecule has 0 heterocycles. The highest BCUT2D eigenvalue weighted by atomic mass is 16.3. The molecule has 0 amide bonds. The SMILES string of the molecule is CC1C/C=C/CCCCCCCCCCC(O)C1. The Balaban J connectivity index is 2.27. The van der Waals surface area contributed by atoms with Gasteiger partial charge in [-0.1, -0.05) is 64.0 Å². The third-order valence-electron chi connectivity index (χ3n) is 4.04. The molecule has 0 saturated carbocycles. The lowest BCUT2D eigenvalue weighted by molar-refractivity contribution is 0.133. The van der Waals surface area contributed by atoms with Gasteiger partial charge < -0.3 is 5.11 Å². The quantitative estimate of drug-likeness (QED) is 0.585. The van der Waals surface area contributed by atoms with Crippen molar-refractivity contribution in [2.75, 3.05) is 0 Å². The van der Waals surface area contributed by atoms with Crippen LogP contribution in [0.25, 0.3) is 0 Å². The maximum absolute atomic E-state index is 9.97. The van der Waals surface area contributed by atoms with Gasteiger partial charge in [0, 0.05) is 0 Å². The molecule has 106 valence electrons. The lowest BCUT2D eigenvalue weighted by Gasteiger charge is -2.15. The van der Waals surface area contributed by atoms with Crippen molar-refractivity contribution < 1.29 is 5.11 Å². The molecule has 2 atom stereocenters. The van der Waals surface area contributed by atoms with E-state index in [0.717, 1.165) is 19.3 Å². The molecule has 1 heteroatoms. The maximum Gasteiger partial charge on any atom is 0.0542 e.